The first-order valence-electron chi connectivity index (χ1n) is 8.10. The van der Waals surface area contributed by atoms with Gasteiger partial charge in [-0.3, -0.25) is 9.52 Å². The predicted octanol–water partition coefficient (Wildman–Crippen LogP) is 2.20. The minimum Gasteiger partial charge on any atom is -0.353 e. The van der Waals surface area contributed by atoms with E-state index in [-0.39, 0.29) is 10.8 Å². The number of anilines is 2. The molecule has 7 nitrogen and oxygen atoms in total. The van der Waals surface area contributed by atoms with Gasteiger partial charge in [0.2, 0.25) is 5.91 Å². The molecular formula is C17H19ClN4O3S. The van der Waals surface area contributed by atoms with Crippen molar-refractivity contribution in [3.05, 3.63) is 47.6 Å². The SMILES string of the molecule is CC(=O)N1CCN(c2ccc(NS(=O)(=O)c3ccc(Cl)cc3)cn2)CC1. The minimum absolute atomic E-state index is 0.0737. The molecule has 0 bridgehead atoms. The van der Waals surface area contributed by atoms with Crippen molar-refractivity contribution >= 4 is 39.0 Å². The number of halogens is 1. The van der Waals surface area contributed by atoms with E-state index in [0.717, 1.165) is 5.82 Å². The maximum Gasteiger partial charge on any atom is 0.261 e. The van der Waals surface area contributed by atoms with Crippen LogP contribution in [-0.2, 0) is 14.8 Å². The Hall–Kier alpha value is -2.32. The monoisotopic (exact) mass is 394 g/mol. The second kappa shape index (κ2) is 7.51. The number of carbonyl (C=O) groups is 1. The number of nitrogens with one attached hydrogen (secondary N) is 1. The van der Waals surface area contributed by atoms with Crippen LogP contribution in [0.2, 0.25) is 5.02 Å². The van der Waals surface area contributed by atoms with E-state index in [0.29, 0.717) is 36.9 Å². The van der Waals surface area contributed by atoms with Crippen molar-refractivity contribution in [1.29, 1.82) is 0 Å². The summed E-state index contributed by atoms with van der Waals surface area (Å²) in [6.45, 7) is 4.27. The Kier molecular flexibility index (Phi) is 5.33. The summed E-state index contributed by atoms with van der Waals surface area (Å²) < 4.78 is 27.2. The molecule has 1 amide bonds. The molecular weight excluding hydrogens is 376 g/mol. The van der Waals surface area contributed by atoms with Crippen molar-refractivity contribution in [1.82, 2.24) is 9.88 Å². The van der Waals surface area contributed by atoms with Crippen molar-refractivity contribution in [3.63, 3.8) is 0 Å². The number of sulfonamides is 1. The Morgan fingerprint density at radius 1 is 1.08 bits per heavy atom. The first kappa shape index (κ1) is 18.5. The number of piperazine rings is 1. The molecule has 0 aliphatic carbocycles. The lowest BCUT2D eigenvalue weighted by molar-refractivity contribution is -0.129. The molecule has 0 atom stereocenters. The van der Waals surface area contributed by atoms with Gasteiger partial charge in [-0.25, -0.2) is 13.4 Å². The van der Waals surface area contributed by atoms with Gasteiger partial charge >= 0.3 is 0 Å². The summed E-state index contributed by atoms with van der Waals surface area (Å²) in [5.74, 6) is 0.826. The van der Waals surface area contributed by atoms with E-state index in [4.69, 9.17) is 11.6 Å². The fourth-order valence-corrected chi connectivity index (χ4v) is 3.88. The number of hydrogen-bond acceptors (Lipinski definition) is 5. The molecule has 1 aliphatic rings. The van der Waals surface area contributed by atoms with Crippen LogP contribution in [0.15, 0.2) is 47.5 Å². The lowest BCUT2D eigenvalue weighted by Crippen LogP contribution is -2.48. The first-order valence-corrected chi connectivity index (χ1v) is 9.96. The van der Waals surface area contributed by atoms with Crippen molar-refractivity contribution in [2.24, 2.45) is 0 Å². The third-order valence-corrected chi connectivity index (χ3v) is 5.82. The Labute approximate surface area is 157 Å². The van der Waals surface area contributed by atoms with Gasteiger partial charge in [-0.2, -0.15) is 0 Å². The third kappa shape index (κ3) is 4.25. The maximum absolute atomic E-state index is 12.4. The van der Waals surface area contributed by atoms with Gasteiger partial charge in [0.1, 0.15) is 5.82 Å². The highest BCUT2D eigenvalue weighted by molar-refractivity contribution is 7.92. The summed E-state index contributed by atoms with van der Waals surface area (Å²) in [6.07, 6.45) is 1.49. The second-order valence-corrected chi connectivity index (χ2v) is 8.08. The molecule has 0 unspecified atom stereocenters. The molecule has 0 saturated carbocycles. The molecule has 2 aromatic rings. The van der Waals surface area contributed by atoms with Crippen molar-refractivity contribution in [2.75, 3.05) is 35.8 Å². The molecule has 26 heavy (non-hydrogen) atoms. The van der Waals surface area contributed by atoms with Crippen molar-refractivity contribution in [3.8, 4) is 0 Å². The molecule has 1 aromatic carbocycles. The molecule has 1 saturated heterocycles. The fraction of sp³-hybridized carbons (Fsp3) is 0.294. The van der Waals surface area contributed by atoms with Gasteiger partial charge in [0.15, 0.2) is 0 Å². The van der Waals surface area contributed by atoms with Crippen LogP contribution in [0.1, 0.15) is 6.92 Å². The van der Waals surface area contributed by atoms with Crippen LogP contribution >= 0.6 is 11.6 Å². The quantitative estimate of drug-likeness (QED) is 0.859. The molecule has 1 aromatic heterocycles. The number of nitrogens with zero attached hydrogens (tertiary/aromatic N) is 3. The standard InChI is InChI=1S/C17H19ClN4O3S/c1-13(23)21-8-10-22(11-9-21)17-7-4-15(12-19-17)20-26(24,25)16-5-2-14(18)3-6-16/h2-7,12,20H,8-11H2,1H3. The molecule has 1 aliphatic heterocycles. The average Bonchev–Trinajstić information content (AvgIpc) is 2.62. The van der Waals surface area contributed by atoms with E-state index in [2.05, 4.69) is 14.6 Å². The highest BCUT2D eigenvalue weighted by atomic mass is 35.5. The molecule has 1 fully saturated rings. The Bertz CT molecular complexity index is 877. The number of hydrogen-bond donors (Lipinski definition) is 1. The minimum atomic E-state index is -3.69. The molecule has 0 radical (unpaired) electrons. The van der Waals surface area contributed by atoms with E-state index >= 15 is 0 Å². The average molecular weight is 395 g/mol. The van der Waals surface area contributed by atoms with E-state index in [1.54, 1.807) is 24.0 Å². The number of aromatic nitrogens is 1. The largest absolute Gasteiger partial charge is 0.353 e. The Balaban J connectivity index is 1.66. The van der Waals surface area contributed by atoms with Gasteiger partial charge in [-0.15, -0.1) is 0 Å². The fourth-order valence-electron chi connectivity index (χ4n) is 2.71. The van der Waals surface area contributed by atoms with Crippen LogP contribution < -0.4 is 9.62 Å². The van der Waals surface area contributed by atoms with E-state index < -0.39 is 10.0 Å². The highest BCUT2D eigenvalue weighted by Crippen LogP contribution is 2.20. The van der Waals surface area contributed by atoms with Gasteiger partial charge in [-0.1, -0.05) is 11.6 Å². The number of rotatable bonds is 4. The second-order valence-electron chi connectivity index (χ2n) is 5.96. The van der Waals surface area contributed by atoms with E-state index in [9.17, 15) is 13.2 Å². The number of pyridine rings is 1. The summed E-state index contributed by atoms with van der Waals surface area (Å²) in [4.78, 5) is 19.7. The van der Waals surface area contributed by atoms with Gasteiger partial charge in [0, 0.05) is 38.1 Å². The lowest BCUT2D eigenvalue weighted by atomic mass is 10.3. The van der Waals surface area contributed by atoms with Gasteiger partial charge in [0.05, 0.1) is 16.8 Å². The number of amides is 1. The summed E-state index contributed by atoms with van der Waals surface area (Å²) in [5, 5.41) is 0.472. The summed E-state index contributed by atoms with van der Waals surface area (Å²) in [7, 11) is -3.69. The maximum atomic E-state index is 12.4. The summed E-state index contributed by atoms with van der Waals surface area (Å²) >= 11 is 5.79. The van der Waals surface area contributed by atoms with Crippen LogP contribution in [0.4, 0.5) is 11.5 Å². The molecule has 1 N–H and O–H groups in total. The molecule has 9 heteroatoms. The van der Waals surface area contributed by atoms with E-state index in [1.165, 1.54) is 30.5 Å². The molecule has 3 rings (SSSR count). The Morgan fingerprint density at radius 3 is 2.27 bits per heavy atom. The van der Waals surface area contributed by atoms with Crippen LogP contribution in [0.5, 0.6) is 0 Å². The normalized spacial score (nSPS) is 15.0. The van der Waals surface area contributed by atoms with Gasteiger partial charge < -0.3 is 9.80 Å². The van der Waals surface area contributed by atoms with Gasteiger partial charge in [-0.05, 0) is 36.4 Å². The number of carbonyl (C=O) groups excluding carboxylic acids is 1. The van der Waals surface area contributed by atoms with Crippen molar-refractivity contribution < 1.29 is 13.2 Å². The topological polar surface area (TPSA) is 82.6 Å². The third-order valence-electron chi connectivity index (χ3n) is 4.17. The van der Waals surface area contributed by atoms with Crippen LogP contribution in [-0.4, -0.2) is 50.4 Å². The first-order chi connectivity index (χ1) is 12.3. The predicted molar refractivity (Wildman–Crippen MR) is 101 cm³/mol. The highest BCUT2D eigenvalue weighted by Gasteiger charge is 2.20. The smallest absolute Gasteiger partial charge is 0.261 e. The van der Waals surface area contributed by atoms with Crippen LogP contribution in [0.3, 0.4) is 0 Å². The zero-order valence-electron chi connectivity index (χ0n) is 14.2. The molecule has 138 valence electrons. The van der Waals surface area contributed by atoms with Crippen molar-refractivity contribution in [2.45, 2.75) is 11.8 Å². The van der Waals surface area contributed by atoms with Gasteiger partial charge in [0.25, 0.3) is 10.0 Å². The zero-order valence-corrected chi connectivity index (χ0v) is 15.8. The van der Waals surface area contributed by atoms with Crippen LogP contribution in [0, 0.1) is 0 Å². The number of benzene rings is 1. The molecule has 2 heterocycles. The van der Waals surface area contributed by atoms with E-state index in [1.807, 2.05) is 0 Å². The van der Waals surface area contributed by atoms with Crippen LogP contribution in [0.25, 0.3) is 0 Å². The Morgan fingerprint density at radius 2 is 1.73 bits per heavy atom. The summed E-state index contributed by atoms with van der Waals surface area (Å²) in [6, 6.07) is 9.38. The zero-order chi connectivity index (χ0) is 18.7. The summed E-state index contributed by atoms with van der Waals surface area (Å²) in [5.41, 5.74) is 0.381. The lowest BCUT2D eigenvalue weighted by Gasteiger charge is -2.34. The molecule has 0 spiro atoms.